The minimum absolute atomic E-state index is 0.121. The van der Waals surface area contributed by atoms with E-state index in [9.17, 15) is 4.79 Å². The van der Waals surface area contributed by atoms with E-state index in [4.69, 9.17) is 9.84 Å². The van der Waals surface area contributed by atoms with Gasteiger partial charge in [-0.2, -0.15) is 0 Å². The maximum Gasteiger partial charge on any atom is 0.335 e. The fraction of sp³-hybridized carbons (Fsp3) is 0.375. The summed E-state index contributed by atoms with van der Waals surface area (Å²) in [5.41, 5.74) is 4.22. The van der Waals surface area contributed by atoms with Crippen LogP contribution in [0.4, 0.5) is 0 Å². The third-order valence-corrected chi connectivity index (χ3v) is 5.23. The molecule has 2 aromatic carbocycles. The second-order valence-corrected chi connectivity index (χ2v) is 7.87. The number of hydrogen-bond donors (Lipinski definition) is 1. The first-order chi connectivity index (χ1) is 12.7. The Hall–Kier alpha value is -2.57. The van der Waals surface area contributed by atoms with Gasteiger partial charge in [-0.1, -0.05) is 24.8 Å². The van der Waals surface area contributed by atoms with E-state index in [0.29, 0.717) is 0 Å². The molecule has 3 heteroatoms. The van der Waals surface area contributed by atoms with Crippen molar-refractivity contribution in [2.45, 2.75) is 58.2 Å². The van der Waals surface area contributed by atoms with Gasteiger partial charge in [0, 0.05) is 11.1 Å². The smallest absolute Gasteiger partial charge is 0.335 e. The molecule has 2 aromatic rings. The topological polar surface area (TPSA) is 46.5 Å². The van der Waals surface area contributed by atoms with Crippen molar-refractivity contribution in [2.75, 3.05) is 0 Å². The van der Waals surface area contributed by atoms with Crippen LogP contribution in [0.1, 0.15) is 72.6 Å². The molecule has 0 aliphatic heterocycles. The predicted octanol–water partition coefficient (Wildman–Crippen LogP) is 5.29. The molecular formula is C24H26O3. The van der Waals surface area contributed by atoms with Gasteiger partial charge >= 0.3 is 5.97 Å². The highest BCUT2D eigenvalue weighted by Crippen LogP contribution is 2.52. The van der Waals surface area contributed by atoms with E-state index in [2.05, 4.69) is 51.7 Å². The molecular weight excluding hydrogens is 336 g/mol. The van der Waals surface area contributed by atoms with Crippen molar-refractivity contribution in [2.24, 2.45) is 0 Å². The van der Waals surface area contributed by atoms with E-state index in [1.165, 1.54) is 11.1 Å². The van der Waals surface area contributed by atoms with E-state index < -0.39 is 5.97 Å². The summed E-state index contributed by atoms with van der Waals surface area (Å²) in [7, 11) is 0. The monoisotopic (exact) mass is 362 g/mol. The number of hydrogen-bond acceptors (Lipinski definition) is 2. The Balaban J connectivity index is 1.79. The van der Waals surface area contributed by atoms with E-state index >= 15 is 0 Å². The van der Waals surface area contributed by atoms with Crippen LogP contribution >= 0.6 is 0 Å². The summed E-state index contributed by atoms with van der Waals surface area (Å²) in [6, 6.07) is 12.9. The highest BCUT2D eigenvalue weighted by atomic mass is 16.5. The quantitative estimate of drug-likeness (QED) is 0.735. The van der Waals surface area contributed by atoms with Gasteiger partial charge in [-0.25, -0.2) is 4.79 Å². The molecule has 27 heavy (non-hydrogen) atoms. The molecule has 0 aromatic heterocycles. The Morgan fingerprint density at radius 3 is 2.22 bits per heavy atom. The average Bonchev–Trinajstić information content (AvgIpc) is 3.40. The summed E-state index contributed by atoms with van der Waals surface area (Å²) in [4.78, 5) is 10.9. The lowest BCUT2D eigenvalue weighted by atomic mass is 9.97. The summed E-state index contributed by atoms with van der Waals surface area (Å²) in [5, 5.41) is 8.95. The first-order valence-corrected chi connectivity index (χ1v) is 9.41. The molecule has 1 aliphatic carbocycles. The number of rotatable bonds is 5. The highest BCUT2D eigenvalue weighted by Gasteiger charge is 2.49. The zero-order chi connectivity index (χ0) is 19.7. The molecule has 0 spiro atoms. The molecule has 1 N–H and O–H groups in total. The van der Waals surface area contributed by atoms with E-state index in [-0.39, 0.29) is 16.8 Å². The third-order valence-electron chi connectivity index (χ3n) is 5.23. The van der Waals surface area contributed by atoms with Gasteiger partial charge in [-0.3, -0.25) is 0 Å². The summed E-state index contributed by atoms with van der Waals surface area (Å²) in [5.74, 6) is 5.34. The number of aryl methyl sites for hydroxylation is 1. The molecule has 0 bridgehead atoms. The normalized spacial score (nSPS) is 15.0. The minimum atomic E-state index is -0.928. The molecule has 3 rings (SSSR count). The van der Waals surface area contributed by atoms with Gasteiger partial charge in [0.25, 0.3) is 0 Å². The van der Waals surface area contributed by atoms with Gasteiger partial charge in [0.15, 0.2) is 0 Å². The van der Waals surface area contributed by atoms with Gasteiger partial charge in [0.2, 0.25) is 0 Å². The van der Waals surface area contributed by atoms with Crippen LogP contribution in [0, 0.1) is 18.8 Å². The SMILES string of the molecule is CCC(C)(C)OC1(c2ccc(C#Cc3ccc(C(=O)O)cc3)cc2C)CC1. The molecule has 0 saturated heterocycles. The van der Waals surface area contributed by atoms with E-state index in [0.717, 1.165) is 30.4 Å². The van der Waals surface area contributed by atoms with Crippen molar-refractivity contribution >= 4 is 5.97 Å². The Labute approximate surface area is 161 Å². The number of carboxylic acids is 1. The Morgan fingerprint density at radius 1 is 1.11 bits per heavy atom. The number of carbonyl (C=O) groups is 1. The highest BCUT2D eigenvalue weighted by molar-refractivity contribution is 5.87. The van der Waals surface area contributed by atoms with Crippen molar-refractivity contribution in [1.29, 1.82) is 0 Å². The fourth-order valence-corrected chi connectivity index (χ4v) is 3.23. The largest absolute Gasteiger partial charge is 0.478 e. The Morgan fingerprint density at radius 2 is 1.70 bits per heavy atom. The van der Waals surface area contributed by atoms with Crippen LogP contribution in [0.15, 0.2) is 42.5 Å². The lowest BCUT2D eigenvalue weighted by Crippen LogP contribution is -2.30. The number of benzene rings is 2. The van der Waals surface area contributed by atoms with Crippen LogP contribution in [0.2, 0.25) is 0 Å². The standard InChI is InChI=1S/C24H26O3/c1-5-23(3,4)27-24(14-15-24)21-13-10-19(16-17(21)2)7-6-18-8-11-20(12-9-18)22(25)26/h8-13,16H,5,14-15H2,1-4H3,(H,25,26). The molecule has 0 radical (unpaired) electrons. The van der Waals surface area contributed by atoms with Crippen LogP contribution in [0.3, 0.4) is 0 Å². The fourth-order valence-electron chi connectivity index (χ4n) is 3.23. The maximum absolute atomic E-state index is 10.9. The molecule has 0 amide bonds. The number of aromatic carboxylic acids is 1. The Kier molecular flexibility index (Phi) is 5.13. The lowest BCUT2D eigenvalue weighted by molar-refractivity contribution is -0.0930. The first kappa shape index (κ1) is 19.2. The average molecular weight is 362 g/mol. The minimum Gasteiger partial charge on any atom is -0.478 e. The second kappa shape index (κ2) is 7.21. The third kappa shape index (κ3) is 4.40. The van der Waals surface area contributed by atoms with Crippen molar-refractivity contribution < 1.29 is 14.6 Å². The molecule has 0 heterocycles. The molecule has 0 atom stereocenters. The van der Waals surface area contributed by atoms with Crippen LogP contribution < -0.4 is 0 Å². The van der Waals surface area contributed by atoms with Gasteiger partial charge in [0.1, 0.15) is 0 Å². The van der Waals surface area contributed by atoms with Gasteiger partial charge in [-0.15, -0.1) is 0 Å². The summed E-state index contributed by atoms with van der Waals surface area (Å²) >= 11 is 0. The molecule has 1 saturated carbocycles. The zero-order valence-electron chi connectivity index (χ0n) is 16.4. The van der Waals surface area contributed by atoms with E-state index in [1.54, 1.807) is 24.3 Å². The molecule has 1 fully saturated rings. The summed E-state index contributed by atoms with van der Waals surface area (Å²) in [6.45, 7) is 8.57. The van der Waals surface area contributed by atoms with Gasteiger partial charge in [0.05, 0.1) is 16.8 Å². The first-order valence-electron chi connectivity index (χ1n) is 9.41. The van der Waals surface area contributed by atoms with Crippen molar-refractivity contribution in [3.63, 3.8) is 0 Å². The molecule has 3 nitrogen and oxygen atoms in total. The second-order valence-electron chi connectivity index (χ2n) is 7.87. The molecule has 140 valence electrons. The zero-order valence-corrected chi connectivity index (χ0v) is 16.4. The molecule has 0 unspecified atom stereocenters. The maximum atomic E-state index is 10.9. The van der Waals surface area contributed by atoms with Crippen molar-refractivity contribution in [1.82, 2.24) is 0 Å². The Bertz CT molecular complexity index is 907. The summed E-state index contributed by atoms with van der Waals surface area (Å²) < 4.78 is 6.47. The molecule has 1 aliphatic rings. The lowest BCUT2D eigenvalue weighted by Gasteiger charge is -2.31. The van der Waals surface area contributed by atoms with Crippen LogP contribution in [0.5, 0.6) is 0 Å². The number of carboxylic acid groups (broad SMARTS) is 1. The van der Waals surface area contributed by atoms with Crippen molar-refractivity contribution in [3.05, 3.63) is 70.3 Å². The van der Waals surface area contributed by atoms with Crippen LogP contribution in [-0.4, -0.2) is 16.7 Å². The summed E-state index contributed by atoms with van der Waals surface area (Å²) in [6.07, 6.45) is 3.12. The number of ether oxygens (including phenoxy) is 1. The van der Waals surface area contributed by atoms with Crippen molar-refractivity contribution in [3.8, 4) is 11.8 Å². The van der Waals surface area contributed by atoms with Gasteiger partial charge < -0.3 is 9.84 Å². The van der Waals surface area contributed by atoms with Crippen LogP contribution in [-0.2, 0) is 10.3 Å². The van der Waals surface area contributed by atoms with Crippen LogP contribution in [0.25, 0.3) is 0 Å². The predicted molar refractivity (Wildman–Crippen MR) is 107 cm³/mol. The van der Waals surface area contributed by atoms with E-state index in [1.807, 2.05) is 6.07 Å². The van der Waals surface area contributed by atoms with Gasteiger partial charge in [-0.05, 0) is 87.6 Å².